The van der Waals surface area contributed by atoms with Crippen molar-refractivity contribution in [1.82, 2.24) is 0 Å². The topological polar surface area (TPSA) is 60.4 Å². The number of allylic oxidation sites excluding steroid dienone is 2. The van der Waals surface area contributed by atoms with E-state index in [-0.39, 0.29) is 5.97 Å². The fourth-order valence-corrected chi connectivity index (χ4v) is 3.74. The Balaban J connectivity index is 2.31. The molecule has 4 nitrogen and oxygen atoms in total. The number of carbonyl (C=O) groups is 1. The van der Waals surface area contributed by atoms with E-state index < -0.39 is 15.3 Å². The molecule has 0 saturated heterocycles. The van der Waals surface area contributed by atoms with Crippen LogP contribution in [0.15, 0.2) is 34.7 Å². The lowest BCUT2D eigenvalue weighted by atomic mass is 9.72. The monoisotopic (exact) mass is 322 g/mol. The van der Waals surface area contributed by atoms with Gasteiger partial charge in [-0.05, 0) is 56.4 Å². The molecule has 1 aliphatic rings. The molecule has 5 heteroatoms. The number of rotatable bonds is 3. The Hall–Kier alpha value is -1.62. The molecule has 120 valence electrons. The largest absolute Gasteiger partial charge is 0.469 e. The van der Waals surface area contributed by atoms with Gasteiger partial charge in [0, 0.05) is 6.26 Å². The van der Waals surface area contributed by atoms with Gasteiger partial charge in [0.15, 0.2) is 9.84 Å². The van der Waals surface area contributed by atoms with Crippen LogP contribution >= 0.6 is 0 Å². The summed E-state index contributed by atoms with van der Waals surface area (Å²) in [5.74, 6) is -0.168. The summed E-state index contributed by atoms with van der Waals surface area (Å²) in [5, 5.41) is 0. The van der Waals surface area contributed by atoms with Crippen LogP contribution in [0.3, 0.4) is 0 Å². The van der Waals surface area contributed by atoms with Crippen molar-refractivity contribution in [3.05, 3.63) is 35.4 Å². The van der Waals surface area contributed by atoms with Crippen molar-refractivity contribution >= 4 is 21.4 Å². The smallest absolute Gasteiger partial charge is 0.311 e. The second-order valence-electron chi connectivity index (χ2n) is 6.28. The lowest BCUT2D eigenvalue weighted by molar-refractivity contribution is -0.152. The van der Waals surface area contributed by atoms with Gasteiger partial charge < -0.3 is 4.74 Å². The van der Waals surface area contributed by atoms with Gasteiger partial charge >= 0.3 is 5.97 Å². The number of hydrogen-bond acceptors (Lipinski definition) is 4. The quantitative estimate of drug-likeness (QED) is 0.802. The highest BCUT2D eigenvalue weighted by Crippen LogP contribution is 2.43. The Bertz CT molecular complexity index is 714. The van der Waals surface area contributed by atoms with Gasteiger partial charge in [-0.3, -0.25) is 4.79 Å². The Morgan fingerprint density at radius 3 is 2.27 bits per heavy atom. The fraction of sp³-hybridized carbons (Fsp3) is 0.471. The lowest BCUT2D eigenvalue weighted by Gasteiger charge is -2.33. The molecule has 1 atom stereocenters. The van der Waals surface area contributed by atoms with E-state index in [0.717, 1.165) is 24.0 Å². The van der Waals surface area contributed by atoms with Gasteiger partial charge in [0.1, 0.15) is 0 Å². The number of sulfone groups is 1. The molecule has 0 saturated carbocycles. The highest BCUT2D eigenvalue weighted by molar-refractivity contribution is 7.90. The predicted octanol–water partition coefficient (Wildman–Crippen LogP) is 3.23. The Morgan fingerprint density at radius 1 is 1.23 bits per heavy atom. The summed E-state index contributed by atoms with van der Waals surface area (Å²) in [7, 11) is -1.75. The normalized spacial score (nSPS) is 22.5. The van der Waals surface area contributed by atoms with E-state index in [0.29, 0.717) is 11.3 Å². The molecule has 0 aromatic heterocycles. The second-order valence-corrected chi connectivity index (χ2v) is 8.30. The SMILES string of the molecule is COC(=O)C1(C)CCC(c2ccc(S(C)(=O)=O)cc2)=C(C)C1. The van der Waals surface area contributed by atoms with E-state index in [9.17, 15) is 13.2 Å². The van der Waals surface area contributed by atoms with Crippen LogP contribution in [-0.4, -0.2) is 27.8 Å². The molecule has 0 aliphatic heterocycles. The molecule has 0 fully saturated rings. The maximum absolute atomic E-state index is 11.9. The van der Waals surface area contributed by atoms with Crippen LogP contribution in [0.1, 0.15) is 38.7 Å². The van der Waals surface area contributed by atoms with E-state index in [1.807, 2.05) is 26.0 Å². The minimum atomic E-state index is -3.17. The van der Waals surface area contributed by atoms with Crippen LogP contribution in [0.5, 0.6) is 0 Å². The van der Waals surface area contributed by atoms with Crippen molar-refractivity contribution in [3.8, 4) is 0 Å². The molecule has 0 heterocycles. The molecule has 2 rings (SSSR count). The second kappa shape index (κ2) is 5.88. The summed E-state index contributed by atoms with van der Waals surface area (Å²) in [5.41, 5.74) is 2.92. The predicted molar refractivity (Wildman–Crippen MR) is 86.1 cm³/mol. The maximum Gasteiger partial charge on any atom is 0.311 e. The van der Waals surface area contributed by atoms with Crippen molar-refractivity contribution in [2.45, 2.75) is 38.0 Å². The van der Waals surface area contributed by atoms with Crippen LogP contribution in [-0.2, 0) is 19.4 Å². The van der Waals surface area contributed by atoms with E-state index in [4.69, 9.17) is 4.74 Å². The first-order valence-corrected chi connectivity index (χ1v) is 9.14. The van der Waals surface area contributed by atoms with Crippen molar-refractivity contribution in [3.63, 3.8) is 0 Å². The van der Waals surface area contributed by atoms with Gasteiger partial charge in [-0.15, -0.1) is 0 Å². The summed E-state index contributed by atoms with van der Waals surface area (Å²) in [6.07, 6.45) is 3.40. The van der Waals surface area contributed by atoms with Crippen molar-refractivity contribution in [2.24, 2.45) is 5.41 Å². The van der Waals surface area contributed by atoms with Gasteiger partial charge in [0.2, 0.25) is 0 Å². The molecule has 1 aliphatic carbocycles. The lowest BCUT2D eigenvalue weighted by Crippen LogP contribution is -2.31. The molecular weight excluding hydrogens is 300 g/mol. The zero-order valence-electron chi connectivity index (χ0n) is 13.5. The van der Waals surface area contributed by atoms with Crippen LogP contribution in [0.25, 0.3) is 5.57 Å². The zero-order valence-corrected chi connectivity index (χ0v) is 14.3. The summed E-state index contributed by atoms with van der Waals surface area (Å²) >= 11 is 0. The molecule has 1 aromatic carbocycles. The molecule has 0 radical (unpaired) electrons. The van der Waals surface area contributed by atoms with Crippen molar-refractivity contribution < 1.29 is 17.9 Å². The number of hydrogen-bond donors (Lipinski definition) is 0. The molecule has 0 N–H and O–H groups in total. The highest BCUT2D eigenvalue weighted by Gasteiger charge is 2.37. The third kappa shape index (κ3) is 3.24. The zero-order chi connectivity index (χ0) is 16.5. The summed E-state index contributed by atoms with van der Waals surface area (Å²) in [6.45, 7) is 3.96. The average molecular weight is 322 g/mol. The third-order valence-electron chi connectivity index (χ3n) is 4.41. The van der Waals surface area contributed by atoms with Gasteiger partial charge in [-0.1, -0.05) is 17.7 Å². The molecular formula is C17H22O4S. The van der Waals surface area contributed by atoms with Gasteiger partial charge in [-0.2, -0.15) is 0 Å². The number of esters is 1. The first-order chi connectivity index (χ1) is 10.2. The molecule has 1 aromatic rings. The number of benzene rings is 1. The van der Waals surface area contributed by atoms with Crippen LogP contribution in [0.4, 0.5) is 0 Å². The van der Waals surface area contributed by atoms with Crippen LogP contribution in [0, 0.1) is 5.41 Å². The highest BCUT2D eigenvalue weighted by atomic mass is 32.2. The summed E-state index contributed by atoms with van der Waals surface area (Å²) in [4.78, 5) is 12.2. The van der Waals surface area contributed by atoms with Crippen LogP contribution in [0.2, 0.25) is 0 Å². The van der Waals surface area contributed by atoms with Crippen molar-refractivity contribution in [1.29, 1.82) is 0 Å². The minimum absolute atomic E-state index is 0.168. The number of ether oxygens (including phenoxy) is 1. The Morgan fingerprint density at radius 2 is 1.82 bits per heavy atom. The van der Waals surface area contributed by atoms with Gasteiger partial charge in [0.05, 0.1) is 17.4 Å². The molecule has 0 amide bonds. The van der Waals surface area contributed by atoms with E-state index in [1.165, 1.54) is 18.9 Å². The number of methoxy groups -OCH3 is 1. The maximum atomic E-state index is 11.9. The summed E-state index contributed by atoms with van der Waals surface area (Å²) in [6, 6.07) is 6.96. The Kier molecular flexibility index (Phi) is 4.47. The van der Waals surface area contributed by atoms with E-state index >= 15 is 0 Å². The minimum Gasteiger partial charge on any atom is -0.469 e. The molecule has 22 heavy (non-hydrogen) atoms. The average Bonchev–Trinajstić information content (AvgIpc) is 2.45. The van der Waals surface area contributed by atoms with Crippen molar-refractivity contribution in [2.75, 3.05) is 13.4 Å². The first kappa shape index (κ1) is 16.7. The standard InChI is InChI=1S/C17H22O4S/c1-12-11-17(2,16(18)21-3)10-9-15(12)13-5-7-14(8-6-13)22(4,19)20/h5-8H,9-11H2,1-4H3. The van der Waals surface area contributed by atoms with E-state index in [2.05, 4.69) is 0 Å². The van der Waals surface area contributed by atoms with E-state index in [1.54, 1.807) is 12.1 Å². The van der Waals surface area contributed by atoms with Crippen LogP contribution < -0.4 is 0 Å². The fourth-order valence-electron chi connectivity index (χ4n) is 3.11. The number of carbonyl (C=O) groups excluding carboxylic acids is 1. The third-order valence-corrected chi connectivity index (χ3v) is 5.53. The molecule has 0 spiro atoms. The van der Waals surface area contributed by atoms with Gasteiger partial charge in [0.25, 0.3) is 0 Å². The molecule has 1 unspecified atom stereocenters. The van der Waals surface area contributed by atoms with Gasteiger partial charge in [-0.25, -0.2) is 8.42 Å². The first-order valence-electron chi connectivity index (χ1n) is 7.25. The Labute approximate surface area is 132 Å². The summed E-state index contributed by atoms with van der Waals surface area (Å²) < 4.78 is 27.9. The molecule has 0 bridgehead atoms.